The summed E-state index contributed by atoms with van der Waals surface area (Å²) in [5.74, 6) is 0.522. The van der Waals surface area contributed by atoms with Crippen LogP contribution in [-0.2, 0) is 4.79 Å². The molecule has 2 aliphatic rings. The number of Topliss-reactive ketones (excluding diaryl/α,β-unsaturated/α-hetero) is 1. The number of carbonyl (C=O) groups excluding carboxylic acids is 1. The van der Waals surface area contributed by atoms with Crippen LogP contribution < -0.4 is 5.32 Å². The summed E-state index contributed by atoms with van der Waals surface area (Å²) < 4.78 is 0. The van der Waals surface area contributed by atoms with Gasteiger partial charge in [0.25, 0.3) is 0 Å². The summed E-state index contributed by atoms with van der Waals surface area (Å²) in [6.07, 6.45) is 5.44. The van der Waals surface area contributed by atoms with E-state index < -0.39 is 0 Å². The van der Waals surface area contributed by atoms with Gasteiger partial charge in [-0.05, 0) is 25.8 Å². The van der Waals surface area contributed by atoms with Crippen molar-refractivity contribution >= 4 is 18.2 Å². The van der Waals surface area contributed by atoms with E-state index in [0.29, 0.717) is 5.78 Å². The van der Waals surface area contributed by atoms with Crippen LogP contribution in [0.15, 0.2) is 0 Å². The first-order valence-electron chi connectivity index (χ1n) is 4.58. The van der Waals surface area contributed by atoms with Crippen molar-refractivity contribution in [3.05, 3.63) is 0 Å². The largest absolute Gasteiger partial charge is 0.316 e. The molecule has 70 valence electrons. The van der Waals surface area contributed by atoms with Crippen molar-refractivity contribution < 1.29 is 4.79 Å². The zero-order valence-electron chi connectivity index (χ0n) is 7.27. The quantitative estimate of drug-likeness (QED) is 0.626. The minimum absolute atomic E-state index is 0. The number of carbonyl (C=O) groups is 1. The van der Waals surface area contributed by atoms with E-state index in [9.17, 15) is 4.79 Å². The van der Waals surface area contributed by atoms with Gasteiger partial charge in [0.2, 0.25) is 0 Å². The average molecular weight is 190 g/mol. The average Bonchev–Trinajstić information content (AvgIpc) is 2.46. The lowest BCUT2D eigenvalue weighted by atomic mass is 9.72. The van der Waals surface area contributed by atoms with Crippen LogP contribution in [0.1, 0.15) is 32.1 Å². The van der Waals surface area contributed by atoms with Crippen molar-refractivity contribution in [1.29, 1.82) is 0 Å². The van der Waals surface area contributed by atoms with Crippen LogP contribution in [0.2, 0.25) is 0 Å². The number of ketones is 1. The molecule has 2 rings (SSSR count). The van der Waals surface area contributed by atoms with E-state index in [1.165, 1.54) is 6.42 Å². The van der Waals surface area contributed by atoms with Crippen molar-refractivity contribution in [2.75, 3.05) is 13.1 Å². The Morgan fingerprint density at radius 2 is 2.08 bits per heavy atom. The predicted octanol–water partition coefficient (Wildman–Crippen LogP) is 1.53. The van der Waals surface area contributed by atoms with Gasteiger partial charge in [0.05, 0.1) is 0 Å². The summed E-state index contributed by atoms with van der Waals surface area (Å²) in [5.41, 5.74) is 0.0816. The molecule has 2 fully saturated rings. The Morgan fingerprint density at radius 1 is 1.25 bits per heavy atom. The molecule has 0 amide bonds. The van der Waals surface area contributed by atoms with Gasteiger partial charge in [0, 0.05) is 18.4 Å². The zero-order valence-corrected chi connectivity index (χ0v) is 8.08. The maximum atomic E-state index is 11.6. The van der Waals surface area contributed by atoms with Gasteiger partial charge in [-0.25, -0.2) is 0 Å². The molecule has 1 saturated carbocycles. The van der Waals surface area contributed by atoms with Crippen LogP contribution in [0.4, 0.5) is 0 Å². The van der Waals surface area contributed by atoms with E-state index >= 15 is 0 Å². The SMILES string of the molecule is Cl.O=C1CCCCC12CCNC2. The minimum atomic E-state index is 0. The number of hydrogen-bond acceptors (Lipinski definition) is 2. The smallest absolute Gasteiger partial charge is 0.140 e. The van der Waals surface area contributed by atoms with Crippen molar-refractivity contribution in [1.82, 2.24) is 5.32 Å². The highest BCUT2D eigenvalue weighted by molar-refractivity contribution is 5.86. The van der Waals surface area contributed by atoms with Gasteiger partial charge >= 0.3 is 0 Å². The van der Waals surface area contributed by atoms with Gasteiger partial charge in [-0.15, -0.1) is 12.4 Å². The van der Waals surface area contributed by atoms with E-state index in [0.717, 1.165) is 38.8 Å². The molecule has 0 radical (unpaired) electrons. The second-order valence-corrected chi connectivity index (χ2v) is 3.84. The monoisotopic (exact) mass is 189 g/mol. The molecule has 12 heavy (non-hydrogen) atoms. The van der Waals surface area contributed by atoms with E-state index in [1.54, 1.807) is 0 Å². The van der Waals surface area contributed by atoms with Crippen LogP contribution in [0.25, 0.3) is 0 Å². The third-order valence-corrected chi connectivity index (χ3v) is 3.14. The Bertz CT molecular complexity index is 175. The van der Waals surface area contributed by atoms with Gasteiger partial charge in [0.1, 0.15) is 5.78 Å². The first-order valence-corrected chi connectivity index (χ1v) is 4.58. The molecular weight excluding hydrogens is 174 g/mol. The molecule has 1 spiro atoms. The standard InChI is InChI=1S/C9H15NO.ClH/c11-8-3-1-2-4-9(8)5-6-10-7-9;/h10H,1-7H2;1H. The molecule has 0 aromatic rings. The Hall–Kier alpha value is -0.0800. The van der Waals surface area contributed by atoms with Crippen LogP contribution in [0.5, 0.6) is 0 Å². The van der Waals surface area contributed by atoms with E-state index in [2.05, 4.69) is 5.32 Å². The molecule has 1 saturated heterocycles. The lowest BCUT2D eigenvalue weighted by Gasteiger charge is -2.30. The van der Waals surface area contributed by atoms with Crippen LogP contribution in [0.3, 0.4) is 0 Å². The van der Waals surface area contributed by atoms with Crippen molar-refractivity contribution in [3.63, 3.8) is 0 Å². The molecule has 1 N–H and O–H groups in total. The molecule has 0 bridgehead atoms. The second kappa shape index (κ2) is 3.75. The molecule has 1 heterocycles. The summed E-state index contributed by atoms with van der Waals surface area (Å²) in [6.45, 7) is 2.00. The fourth-order valence-electron chi connectivity index (χ4n) is 2.35. The first kappa shape index (κ1) is 10.0. The summed E-state index contributed by atoms with van der Waals surface area (Å²) in [7, 11) is 0. The lowest BCUT2D eigenvalue weighted by molar-refractivity contribution is -0.130. The molecule has 1 aliphatic carbocycles. The highest BCUT2D eigenvalue weighted by atomic mass is 35.5. The zero-order chi connectivity index (χ0) is 7.73. The molecular formula is C9H16ClNO. The fraction of sp³-hybridized carbons (Fsp3) is 0.889. The number of rotatable bonds is 0. The second-order valence-electron chi connectivity index (χ2n) is 3.84. The van der Waals surface area contributed by atoms with Crippen molar-refractivity contribution in [2.24, 2.45) is 5.41 Å². The third-order valence-electron chi connectivity index (χ3n) is 3.14. The summed E-state index contributed by atoms with van der Waals surface area (Å²) in [4.78, 5) is 11.6. The highest BCUT2D eigenvalue weighted by Gasteiger charge is 2.41. The normalized spacial score (nSPS) is 35.2. The maximum absolute atomic E-state index is 11.6. The Labute approximate surface area is 79.5 Å². The van der Waals surface area contributed by atoms with Gasteiger partial charge in [-0.3, -0.25) is 4.79 Å². The Balaban J connectivity index is 0.000000720. The predicted molar refractivity (Wildman–Crippen MR) is 50.6 cm³/mol. The Morgan fingerprint density at radius 3 is 2.67 bits per heavy atom. The highest BCUT2D eigenvalue weighted by Crippen LogP contribution is 2.37. The number of hydrogen-bond donors (Lipinski definition) is 1. The Kier molecular flexibility index (Phi) is 3.13. The molecule has 0 aromatic carbocycles. The molecule has 1 aliphatic heterocycles. The number of halogens is 1. The van der Waals surface area contributed by atoms with Gasteiger partial charge in [-0.1, -0.05) is 6.42 Å². The molecule has 2 nitrogen and oxygen atoms in total. The first-order chi connectivity index (χ1) is 5.33. The van der Waals surface area contributed by atoms with Crippen LogP contribution in [-0.4, -0.2) is 18.9 Å². The summed E-state index contributed by atoms with van der Waals surface area (Å²) >= 11 is 0. The van der Waals surface area contributed by atoms with Crippen LogP contribution in [0, 0.1) is 5.41 Å². The fourth-order valence-corrected chi connectivity index (χ4v) is 2.35. The van der Waals surface area contributed by atoms with Crippen molar-refractivity contribution in [2.45, 2.75) is 32.1 Å². The summed E-state index contributed by atoms with van der Waals surface area (Å²) in [5, 5.41) is 3.29. The van der Waals surface area contributed by atoms with Gasteiger partial charge < -0.3 is 5.32 Å². The van der Waals surface area contributed by atoms with E-state index in [4.69, 9.17) is 0 Å². The third kappa shape index (κ3) is 1.50. The van der Waals surface area contributed by atoms with E-state index in [1.807, 2.05) is 0 Å². The van der Waals surface area contributed by atoms with Crippen LogP contribution >= 0.6 is 12.4 Å². The minimum Gasteiger partial charge on any atom is -0.316 e. The van der Waals surface area contributed by atoms with Crippen molar-refractivity contribution in [3.8, 4) is 0 Å². The molecule has 1 unspecified atom stereocenters. The topological polar surface area (TPSA) is 29.1 Å². The number of nitrogens with one attached hydrogen (secondary N) is 1. The van der Waals surface area contributed by atoms with E-state index in [-0.39, 0.29) is 17.8 Å². The summed E-state index contributed by atoms with van der Waals surface area (Å²) in [6, 6.07) is 0. The van der Waals surface area contributed by atoms with Gasteiger partial charge in [0.15, 0.2) is 0 Å². The van der Waals surface area contributed by atoms with Gasteiger partial charge in [-0.2, -0.15) is 0 Å². The maximum Gasteiger partial charge on any atom is 0.140 e. The molecule has 3 heteroatoms. The molecule has 0 aromatic heterocycles. The lowest BCUT2D eigenvalue weighted by Crippen LogP contribution is -2.35. The molecule has 1 atom stereocenters.